The SMILES string of the molecule is COc1cccc([N+](C)(C)Cc2ccccc2)c1.[Br-]. The number of halogens is 1. The van der Waals surface area contributed by atoms with Crippen LogP contribution in [0.25, 0.3) is 0 Å². The van der Waals surface area contributed by atoms with Crippen molar-refractivity contribution in [2.75, 3.05) is 21.2 Å². The standard InChI is InChI=1S/C16H20NO.BrH/c1-17(2,13-14-8-5-4-6-9-14)15-10-7-11-16(12-15)18-3;/h4-12H,13H2,1-3H3;1H/q+1;/p-1. The van der Waals surface area contributed by atoms with Crippen molar-refractivity contribution in [3.63, 3.8) is 0 Å². The quantitative estimate of drug-likeness (QED) is 0.744. The zero-order chi connectivity index (χ0) is 13.0. The molecule has 2 nitrogen and oxygen atoms in total. The van der Waals surface area contributed by atoms with Crippen LogP contribution in [0.1, 0.15) is 5.56 Å². The Morgan fingerprint density at radius 3 is 2.26 bits per heavy atom. The molecular formula is C16H20BrNO. The van der Waals surface area contributed by atoms with Crippen molar-refractivity contribution in [3.8, 4) is 5.75 Å². The zero-order valence-corrected chi connectivity index (χ0v) is 13.2. The fourth-order valence-corrected chi connectivity index (χ4v) is 2.12. The van der Waals surface area contributed by atoms with Gasteiger partial charge in [-0.2, -0.15) is 0 Å². The molecule has 0 heterocycles. The van der Waals surface area contributed by atoms with Crippen LogP contribution in [0.4, 0.5) is 5.69 Å². The van der Waals surface area contributed by atoms with Gasteiger partial charge in [0.1, 0.15) is 18.0 Å². The van der Waals surface area contributed by atoms with Gasteiger partial charge in [0, 0.05) is 11.6 Å². The second-order valence-corrected chi connectivity index (χ2v) is 5.03. The van der Waals surface area contributed by atoms with Gasteiger partial charge in [0.15, 0.2) is 0 Å². The van der Waals surface area contributed by atoms with Crippen molar-refractivity contribution in [3.05, 3.63) is 60.2 Å². The van der Waals surface area contributed by atoms with Crippen molar-refractivity contribution in [1.29, 1.82) is 0 Å². The number of benzene rings is 2. The third-order valence-corrected chi connectivity index (χ3v) is 3.17. The first-order valence-electron chi connectivity index (χ1n) is 6.13. The summed E-state index contributed by atoms with van der Waals surface area (Å²) in [6.07, 6.45) is 0. The van der Waals surface area contributed by atoms with E-state index in [4.69, 9.17) is 4.74 Å². The summed E-state index contributed by atoms with van der Waals surface area (Å²) in [5.41, 5.74) is 2.59. The van der Waals surface area contributed by atoms with Crippen LogP contribution in [0.3, 0.4) is 0 Å². The minimum atomic E-state index is 0. The molecule has 0 aliphatic heterocycles. The maximum atomic E-state index is 5.29. The molecule has 0 atom stereocenters. The van der Waals surface area contributed by atoms with Crippen molar-refractivity contribution in [2.45, 2.75) is 6.54 Å². The highest BCUT2D eigenvalue weighted by atomic mass is 79.9. The summed E-state index contributed by atoms with van der Waals surface area (Å²) in [5, 5.41) is 0. The van der Waals surface area contributed by atoms with Crippen LogP contribution < -0.4 is 26.2 Å². The number of quaternary nitrogens is 1. The van der Waals surface area contributed by atoms with E-state index in [0.29, 0.717) is 0 Å². The lowest BCUT2D eigenvalue weighted by Gasteiger charge is -2.29. The highest BCUT2D eigenvalue weighted by Crippen LogP contribution is 2.26. The molecule has 2 aromatic rings. The Morgan fingerprint density at radius 2 is 1.63 bits per heavy atom. The fraction of sp³-hybridized carbons (Fsp3) is 0.250. The zero-order valence-electron chi connectivity index (χ0n) is 11.6. The molecule has 0 saturated carbocycles. The van der Waals surface area contributed by atoms with E-state index in [2.05, 4.69) is 56.6 Å². The summed E-state index contributed by atoms with van der Waals surface area (Å²) < 4.78 is 6.10. The minimum Gasteiger partial charge on any atom is -1.00 e. The summed E-state index contributed by atoms with van der Waals surface area (Å²) in [5.74, 6) is 0.909. The molecule has 0 amide bonds. The van der Waals surface area contributed by atoms with Crippen molar-refractivity contribution < 1.29 is 21.7 Å². The van der Waals surface area contributed by atoms with Gasteiger partial charge in [-0.25, -0.2) is 0 Å². The number of hydrogen-bond donors (Lipinski definition) is 0. The normalized spacial score (nSPS) is 10.7. The van der Waals surface area contributed by atoms with E-state index in [1.165, 1.54) is 11.3 Å². The predicted octanol–water partition coefficient (Wildman–Crippen LogP) is 0.466. The molecule has 0 spiro atoms. The van der Waals surface area contributed by atoms with Crippen molar-refractivity contribution in [1.82, 2.24) is 4.48 Å². The van der Waals surface area contributed by atoms with Gasteiger partial charge in [-0.3, -0.25) is 4.48 Å². The molecule has 19 heavy (non-hydrogen) atoms. The molecule has 0 fully saturated rings. The Balaban J connectivity index is 0.00000180. The lowest BCUT2D eigenvalue weighted by atomic mass is 10.1. The van der Waals surface area contributed by atoms with Crippen LogP contribution >= 0.6 is 0 Å². The Kier molecular flexibility index (Phi) is 5.58. The Hall–Kier alpha value is -1.32. The van der Waals surface area contributed by atoms with Gasteiger partial charge in [-0.05, 0) is 12.1 Å². The van der Waals surface area contributed by atoms with Crippen LogP contribution in [0.15, 0.2) is 54.6 Å². The second kappa shape index (κ2) is 6.73. The van der Waals surface area contributed by atoms with Gasteiger partial charge in [0.05, 0.1) is 21.2 Å². The van der Waals surface area contributed by atoms with E-state index in [1.54, 1.807) is 7.11 Å². The maximum Gasteiger partial charge on any atom is 0.136 e. The average molecular weight is 322 g/mol. The van der Waals surface area contributed by atoms with Crippen LogP contribution in [-0.2, 0) is 6.54 Å². The lowest BCUT2D eigenvalue weighted by Crippen LogP contribution is -3.00. The predicted molar refractivity (Wildman–Crippen MR) is 76.8 cm³/mol. The third-order valence-electron chi connectivity index (χ3n) is 3.17. The summed E-state index contributed by atoms with van der Waals surface area (Å²) in [6.45, 7) is 0.966. The van der Waals surface area contributed by atoms with Gasteiger partial charge < -0.3 is 21.7 Å². The summed E-state index contributed by atoms with van der Waals surface area (Å²) in [7, 11) is 6.12. The molecule has 102 valence electrons. The topological polar surface area (TPSA) is 9.23 Å². The maximum absolute atomic E-state index is 5.29. The molecule has 0 radical (unpaired) electrons. The van der Waals surface area contributed by atoms with E-state index in [1.807, 2.05) is 12.1 Å². The van der Waals surface area contributed by atoms with Gasteiger partial charge in [-0.1, -0.05) is 36.4 Å². The van der Waals surface area contributed by atoms with E-state index < -0.39 is 0 Å². The molecule has 0 N–H and O–H groups in total. The van der Waals surface area contributed by atoms with Crippen LogP contribution in [0.2, 0.25) is 0 Å². The number of nitrogens with zero attached hydrogens (tertiary/aromatic N) is 1. The highest BCUT2D eigenvalue weighted by molar-refractivity contribution is 5.47. The van der Waals surface area contributed by atoms with Crippen LogP contribution in [-0.4, -0.2) is 21.2 Å². The molecule has 0 bridgehead atoms. The van der Waals surface area contributed by atoms with Gasteiger partial charge in [0.25, 0.3) is 0 Å². The van der Waals surface area contributed by atoms with E-state index in [9.17, 15) is 0 Å². The summed E-state index contributed by atoms with van der Waals surface area (Å²) in [4.78, 5) is 0. The Morgan fingerprint density at radius 1 is 0.947 bits per heavy atom. The van der Waals surface area contributed by atoms with E-state index in [0.717, 1.165) is 16.8 Å². The number of ether oxygens (including phenoxy) is 1. The average Bonchev–Trinajstić information content (AvgIpc) is 2.39. The molecule has 0 aliphatic rings. The third kappa shape index (κ3) is 4.08. The Bertz CT molecular complexity index is 511. The first-order chi connectivity index (χ1) is 8.62. The lowest BCUT2D eigenvalue weighted by molar-refractivity contribution is -0.00000424. The first kappa shape index (κ1) is 15.7. The monoisotopic (exact) mass is 321 g/mol. The molecule has 0 unspecified atom stereocenters. The molecule has 2 rings (SSSR count). The van der Waals surface area contributed by atoms with Crippen LogP contribution in [0.5, 0.6) is 5.75 Å². The van der Waals surface area contributed by atoms with E-state index >= 15 is 0 Å². The van der Waals surface area contributed by atoms with Gasteiger partial charge in [0.2, 0.25) is 0 Å². The van der Waals surface area contributed by atoms with Gasteiger partial charge in [-0.15, -0.1) is 0 Å². The van der Waals surface area contributed by atoms with E-state index in [-0.39, 0.29) is 17.0 Å². The molecule has 3 heteroatoms. The molecule has 2 aromatic carbocycles. The Labute approximate surface area is 126 Å². The van der Waals surface area contributed by atoms with Gasteiger partial charge >= 0.3 is 0 Å². The highest BCUT2D eigenvalue weighted by Gasteiger charge is 2.19. The smallest absolute Gasteiger partial charge is 0.136 e. The minimum absolute atomic E-state index is 0. The number of methoxy groups -OCH3 is 1. The largest absolute Gasteiger partial charge is 1.00 e. The molecule has 0 aliphatic carbocycles. The van der Waals surface area contributed by atoms with Crippen molar-refractivity contribution >= 4 is 5.69 Å². The molecule has 0 saturated heterocycles. The first-order valence-corrected chi connectivity index (χ1v) is 6.13. The summed E-state index contributed by atoms with van der Waals surface area (Å²) in [6, 6.07) is 18.8. The number of rotatable bonds is 4. The number of hydrogen-bond acceptors (Lipinski definition) is 1. The molecule has 0 aromatic heterocycles. The summed E-state index contributed by atoms with van der Waals surface area (Å²) >= 11 is 0. The fourth-order valence-electron chi connectivity index (χ4n) is 2.12. The van der Waals surface area contributed by atoms with Crippen molar-refractivity contribution in [2.24, 2.45) is 0 Å². The molecular weight excluding hydrogens is 302 g/mol. The second-order valence-electron chi connectivity index (χ2n) is 5.03. The van der Waals surface area contributed by atoms with Crippen LogP contribution in [0, 0.1) is 0 Å².